The number of esters is 1. The summed E-state index contributed by atoms with van der Waals surface area (Å²) in [6, 6.07) is 0. The molecule has 8 nitrogen and oxygen atoms in total. The van der Waals surface area contributed by atoms with Gasteiger partial charge < -0.3 is 24.0 Å². The van der Waals surface area contributed by atoms with Crippen LogP contribution in [-0.2, 0) is 28.1 Å². The van der Waals surface area contributed by atoms with E-state index in [2.05, 4.69) is 17.2 Å². The Kier molecular flexibility index (Phi) is 14.7. The van der Waals surface area contributed by atoms with E-state index >= 15 is 0 Å². The molecular weight excluding hydrogens is 367 g/mol. The first-order valence-corrected chi connectivity index (χ1v) is 10.4. The lowest BCUT2D eigenvalue weighted by Gasteiger charge is -2.11. The van der Waals surface area contributed by atoms with Crippen molar-refractivity contribution in [3.8, 4) is 0 Å². The van der Waals surface area contributed by atoms with E-state index in [-0.39, 0.29) is 19.1 Å². The number of hydrogen-bond donors (Lipinski definition) is 3. The Hall–Kier alpha value is 0.200. The molecule has 0 aromatic heterocycles. The minimum absolute atomic E-state index is 0.186. The molecule has 0 aromatic rings. The number of phosphoric ester groups is 1. The lowest BCUT2D eigenvalue weighted by Crippen LogP contribution is -2.19. The van der Waals surface area contributed by atoms with Crippen molar-refractivity contribution < 1.29 is 37.9 Å². The van der Waals surface area contributed by atoms with Gasteiger partial charge in [0.2, 0.25) is 0 Å². The molecule has 0 saturated carbocycles. The summed E-state index contributed by atoms with van der Waals surface area (Å²) in [7, 11) is -4.51. The maximum atomic E-state index is 11.6. The minimum atomic E-state index is -4.51. The molecule has 0 spiro atoms. The van der Waals surface area contributed by atoms with E-state index in [1.165, 1.54) is 0 Å². The lowest BCUT2D eigenvalue weighted by atomic mass is 10.2. The number of hydrogen-bond acceptors (Lipinski definition) is 8. The Bertz CT molecular complexity index is 352. The molecule has 0 aromatic carbocycles. The molecule has 0 fully saturated rings. The first kappa shape index (κ1) is 23.2. The standard InChI is InChI=1S/C12H25O8PS2/c1-11(12(13)19-4-5-20-21(14,15)16)10-23-9-7-18-3-2-17-6-8-22/h11,22H,2-10H2,1H3,(H2,14,15,16). The van der Waals surface area contributed by atoms with Crippen LogP contribution in [0, 0.1) is 5.92 Å². The van der Waals surface area contributed by atoms with E-state index in [1.807, 2.05) is 0 Å². The summed E-state index contributed by atoms with van der Waals surface area (Å²) in [5.74, 6) is 1.29. The highest BCUT2D eigenvalue weighted by Gasteiger charge is 2.16. The monoisotopic (exact) mass is 392 g/mol. The Labute approximate surface area is 146 Å². The number of phosphoric acid groups is 1. The van der Waals surface area contributed by atoms with E-state index in [1.54, 1.807) is 18.7 Å². The van der Waals surface area contributed by atoms with Gasteiger partial charge in [-0.25, -0.2) is 4.57 Å². The molecule has 0 aliphatic rings. The van der Waals surface area contributed by atoms with Crippen molar-refractivity contribution in [1.29, 1.82) is 0 Å². The maximum Gasteiger partial charge on any atom is 0.469 e. The van der Waals surface area contributed by atoms with E-state index in [4.69, 9.17) is 24.0 Å². The van der Waals surface area contributed by atoms with Gasteiger partial charge in [0.1, 0.15) is 6.61 Å². The van der Waals surface area contributed by atoms with Gasteiger partial charge in [0.15, 0.2) is 0 Å². The Morgan fingerprint density at radius 2 is 1.78 bits per heavy atom. The molecule has 1 atom stereocenters. The molecular formula is C12H25O8PS2. The van der Waals surface area contributed by atoms with Gasteiger partial charge in [0.05, 0.1) is 39.0 Å². The molecule has 0 saturated heterocycles. The van der Waals surface area contributed by atoms with Crippen molar-refractivity contribution >= 4 is 38.2 Å². The third-order valence-corrected chi connectivity index (χ3v) is 4.23. The van der Waals surface area contributed by atoms with Crippen molar-refractivity contribution in [3.05, 3.63) is 0 Å². The zero-order valence-corrected chi connectivity index (χ0v) is 15.7. The fourth-order valence-electron chi connectivity index (χ4n) is 1.27. The summed E-state index contributed by atoms with van der Waals surface area (Å²) in [5.41, 5.74) is 0. The number of ether oxygens (including phenoxy) is 3. The molecule has 0 radical (unpaired) electrons. The van der Waals surface area contributed by atoms with E-state index in [0.29, 0.717) is 37.9 Å². The summed E-state index contributed by atoms with van der Waals surface area (Å²) in [5, 5.41) is 0. The highest BCUT2D eigenvalue weighted by molar-refractivity contribution is 7.99. The van der Waals surface area contributed by atoms with Crippen LogP contribution in [0.25, 0.3) is 0 Å². The van der Waals surface area contributed by atoms with Gasteiger partial charge in [0.25, 0.3) is 0 Å². The van der Waals surface area contributed by atoms with Gasteiger partial charge >= 0.3 is 13.8 Å². The number of carbonyl (C=O) groups is 1. The molecule has 0 aliphatic heterocycles. The van der Waals surface area contributed by atoms with Gasteiger partial charge in [-0.1, -0.05) is 6.92 Å². The lowest BCUT2D eigenvalue weighted by molar-refractivity contribution is -0.148. The van der Waals surface area contributed by atoms with Crippen LogP contribution in [0.5, 0.6) is 0 Å². The van der Waals surface area contributed by atoms with E-state index in [0.717, 1.165) is 5.75 Å². The first-order valence-electron chi connectivity index (χ1n) is 7.07. The van der Waals surface area contributed by atoms with Crippen molar-refractivity contribution in [2.45, 2.75) is 6.92 Å². The average Bonchev–Trinajstić information content (AvgIpc) is 2.48. The molecule has 0 heterocycles. The van der Waals surface area contributed by atoms with Crippen molar-refractivity contribution in [2.24, 2.45) is 5.92 Å². The highest BCUT2D eigenvalue weighted by Crippen LogP contribution is 2.35. The fourth-order valence-corrected chi connectivity index (χ4v) is 2.61. The molecule has 23 heavy (non-hydrogen) atoms. The largest absolute Gasteiger partial charge is 0.469 e. The predicted octanol–water partition coefficient (Wildman–Crippen LogP) is 0.971. The van der Waals surface area contributed by atoms with Crippen molar-refractivity contribution in [3.63, 3.8) is 0 Å². The molecule has 11 heteroatoms. The van der Waals surface area contributed by atoms with Crippen LogP contribution in [-0.4, -0.2) is 72.7 Å². The number of rotatable bonds is 15. The summed E-state index contributed by atoms with van der Waals surface area (Å²) >= 11 is 5.58. The number of carbonyl (C=O) groups excluding carboxylic acids is 1. The second-order valence-electron chi connectivity index (χ2n) is 4.42. The summed E-state index contributed by atoms with van der Waals surface area (Å²) in [6.07, 6.45) is 0. The van der Waals surface area contributed by atoms with Crippen LogP contribution in [0.15, 0.2) is 0 Å². The normalized spacial score (nSPS) is 13.0. The van der Waals surface area contributed by atoms with Crippen LogP contribution in [0.3, 0.4) is 0 Å². The maximum absolute atomic E-state index is 11.6. The SMILES string of the molecule is CC(CSCCOCCOCCS)C(=O)OCCOP(=O)(O)O. The van der Waals surface area contributed by atoms with Gasteiger partial charge in [-0.15, -0.1) is 0 Å². The Morgan fingerprint density at radius 1 is 1.13 bits per heavy atom. The third-order valence-electron chi connectivity index (χ3n) is 2.34. The molecule has 1 unspecified atom stereocenters. The highest BCUT2D eigenvalue weighted by atomic mass is 32.2. The van der Waals surface area contributed by atoms with Crippen LogP contribution in [0.4, 0.5) is 0 Å². The van der Waals surface area contributed by atoms with Crippen LogP contribution in [0.1, 0.15) is 6.92 Å². The average molecular weight is 392 g/mol. The fraction of sp³-hybridized carbons (Fsp3) is 0.917. The number of thioether (sulfide) groups is 1. The minimum Gasteiger partial charge on any atom is -0.463 e. The van der Waals surface area contributed by atoms with Crippen molar-refractivity contribution in [1.82, 2.24) is 0 Å². The van der Waals surface area contributed by atoms with E-state index < -0.39 is 13.8 Å². The number of thiol groups is 1. The zero-order valence-electron chi connectivity index (χ0n) is 13.1. The topological polar surface area (TPSA) is 112 Å². The van der Waals surface area contributed by atoms with E-state index in [9.17, 15) is 9.36 Å². The van der Waals surface area contributed by atoms with Crippen molar-refractivity contribution in [2.75, 3.05) is 56.9 Å². The molecule has 0 amide bonds. The summed E-state index contributed by atoms with van der Waals surface area (Å²) in [4.78, 5) is 28.5. The second-order valence-corrected chi connectivity index (χ2v) is 7.25. The molecule has 0 bridgehead atoms. The summed E-state index contributed by atoms with van der Waals surface area (Å²) in [6.45, 7) is 3.47. The summed E-state index contributed by atoms with van der Waals surface area (Å²) < 4.78 is 30.0. The molecule has 138 valence electrons. The van der Waals surface area contributed by atoms with Gasteiger partial charge in [0, 0.05) is 17.3 Å². The Balaban J connectivity index is 3.45. The van der Waals surface area contributed by atoms with Crippen LogP contribution < -0.4 is 0 Å². The quantitative estimate of drug-likeness (QED) is 0.162. The third kappa shape index (κ3) is 16.8. The van der Waals surface area contributed by atoms with Gasteiger partial charge in [-0.2, -0.15) is 24.4 Å². The Morgan fingerprint density at radius 3 is 2.39 bits per heavy atom. The van der Waals surface area contributed by atoms with Crippen LogP contribution >= 0.6 is 32.2 Å². The second kappa shape index (κ2) is 14.5. The molecule has 0 aliphatic carbocycles. The van der Waals surface area contributed by atoms with Gasteiger partial charge in [-0.3, -0.25) is 9.32 Å². The smallest absolute Gasteiger partial charge is 0.463 e. The predicted molar refractivity (Wildman–Crippen MR) is 90.9 cm³/mol. The van der Waals surface area contributed by atoms with Gasteiger partial charge in [-0.05, 0) is 0 Å². The molecule has 2 N–H and O–H groups in total. The molecule has 0 rings (SSSR count). The van der Waals surface area contributed by atoms with Crippen LogP contribution in [0.2, 0.25) is 0 Å². The first-order chi connectivity index (χ1) is 10.9. The zero-order chi connectivity index (χ0) is 17.6.